The van der Waals surface area contributed by atoms with Crippen LogP contribution in [0.3, 0.4) is 0 Å². The van der Waals surface area contributed by atoms with E-state index in [4.69, 9.17) is 4.98 Å². The van der Waals surface area contributed by atoms with Crippen LogP contribution in [0.5, 0.6) is 0 Å². The normalized spacial score (nSPS) is 17.0. The summed E-state index contributed by atoms with van der Waals surface area (Å²) in [5.41, 5.74) is 2.69. The Bertz CT molecular complexity index is 1030. The third kappa shape index (κ3) is 3.10. The minimum Gasteiger partial charge on any atom is -0.481 e. The van der Waals surface area contributed by atoms with Crippen molar-refractivity contribution in [2.24, 2.45) is 7.05 Å². The van der Waals surface area contributed by atoms with Crippen LogP contribution in [-0.2, 0) is 11.8 Å². The first-order chi connectivity index (χ1) is 13.0. The molecule has 1 amide bonds. The van der Waals surface area contributed by atoms with Crippen molar-refractivity contribution in [3.05, 3.63) is 34.8 Å². The highest BCUT2D eigenvalue weighted by molar-refractivity contribution is 7.13. The summed E-state index contributed by atoms with van der Waals surface area (Å²) in [6, 6.07) is 5.48. The summed E-state index contributed by atoms with van der Waals surface area (Å²) in [5, 5.41) is 16.3. The number of nitrogens with zero attached hydrogens (tertiary/aromatic N) is 4. The molecular formula is C19H20N4O3S. The second kappa shape index (κ2) is 6.77. The maximum absolute atomic E-state index is 13.4. The van der Waals surface area contributed by atoms with Crippen molar-refractivity contribution in [3.63, 3.8) is 0 Å². The molecule has 3 aromatic heterocycles. The van der Waals surface area contributed by atoms with Crippen LogP contribution in [0.1, 0.15) is 35.3 Å². The smallest absolute Gasteiger partial charge is 0.305 e. The summed E-state index contributed by atoms with van der Waals surface area (Å²) < 4.78 is 1.69. The van der Waals surface area contributed by atoms with E-state index in [-0.39, 0.29) is 18.4 Å². The van der Waals surface area contributed by atoms with E-state index in [2.05, 4.69) is 5.10 Å². The summed E-state index contributed by atoms with van der Waals surface area (Å²) >= 11 is 1.56. The average molecular weight is 384 g/mol. The molecule has 140 valence electrons. The van der Waals surface area contributed by atoms with Crippen molar-refractivity contribution in [1.82, 2.24) is 19.7 Å². The third-order valence-electron chi connectivity index (χ3n) is 5.02. The predicted octanol–water partition coefficient (Wildman–Crippen LogP) is 3.08. The van der Waals surface area contributed by atoms with Gasteiger partial charge in [0.15, 0.2) is 5.65 Å². The summed E-state index contributed by atoms with van der Waals surface area (Å²) in [5.74, 6) is -1.02. The Balaban J connectivity index is 1.84. The molecule has 0 aromatic carbocycles. The first kappa shape index (κ1) is 17.7. The number of carbonyl (C=O) groups excluding carboxylic acids is 1. The number of rotatable bonds is 4. The lowest BCUT2D eigenvalue weighted by Crippen LogP contribution is -2.37. The predicted molar refractivity (Wildman–Crippen MR) is 103 cm³/mol. The van der Waals surface area contributed by atoms with Gasteiger partial charge in [0.05, 0.1) is 33.6 Å². The SMILES string of the molecule is Cc1nn(C)c2nc(-c3cccs3)cc(C(=O)N3CCCC3CC(=O)O)c12. The molecule has 1 saturated heterocycles. The zero-order chi connectivity index (χ0) is 19.1. The van der Waals surface area contributed by atoms with Crippen LogP contribution >= 0.6 is 11.3 Å². The lowest BCUT2D eigenvalue weighted by atomic mass is 10.1. The van der Waals surface area contributed by atoms with Gasteiger partial charge in [0, 0.05) is 19.6 Å². The second-order valence-corrected chi connectivity index (χ2v) is 7.78. The number of carboxylic acid groups (broad SMARTS) is 1. The van der Waals surface area contributed by atoms with Gasteiger partial charge < -0.3 is 10.0 Å². The zero-order valence-electron chi connectivity index (χ0n) is 15.2. The lowest BCUT2D eigenvalue weighted by Gasteiger charge is -2.24. The van der Waals surface area contributed by atoms with Gasteiger partial charge in [0.25, 0.3) is 5.91 Å². The van der Waals surface area contributed by atoms with Gasteiger partial charge in [-0.15, -0.1) is 11.3 Å². The summed E-state index contributed by atoms with van der Waals surface area (Å²) in [7, 11) is 1.82. The number of hydrogen-bond acceptors (Lipinski definition) is 5. The van der Waals surface area contributed by atoms with Gasteiger partial charge in [-0.25, -0.2) is 4.98 Å². The quantitative estimate of drug-likeness (QED) is 0.747. The Hall–Kier alpha value is -2.74. The fourth-order valence-corrected chi connectivity index (χ4v) is 4.52. The summed E-state index contributed by atoms with van der Waals surface area (Å²) in [4.78, 5) is 32.0. The van der Waals surface area contributed by atoms with Gasteiger partial charge in [-0.3, -0.25) is 14.3 Å². The lowest BCUT2D eigenvalue weighted by molar-refractivity contribution is -0.137. The number of amides is 1. The van der Waals surface area contributed by atoms with Gasteiger partial charge in [-0.05, 0) is 37.3 Å². The largest absolute Gasteiger partial charge is 0.481 e. The van der Waals surface area contributed by atoms with E-state index in [9.17, 15) is 14.7 Å². The molecule has 0 aliphatic carbocycles. The molecule has 0 saturated carbocycles. The first-order valence-corrected chi connectivity index (χ1v) is 9.74. The molecule has 0 radical (unpaired) electrons. The molecule has 4 heterocycles. The Labute approximate surface area is 160 Å². The number of fused-ring (bicyclic) bond motifs is 1. The van der Waals surface area contributed by atoms with Crippen molar-refractivity contribution >= 4 is 34.2 Å². The number of carbonyl (C=O) groups is 2. The van der Waals surface area contributed by atoms with Crippen LogP contribution in [0.25, 0.3) is 21.6 Å². The molecule has 3 aromatic rings. The van der Waals surface area contributed by atoms with Gasteiger partial charge in [0.2, 0.25) is 0 Å². The molecule has 1 N–H and O–H groups in total. The van der Waals surface area contributed by atoms with Gasteiger partial charge >= 0.3 is 5.97 Å². The molecule has 0 spiro atoms. The summed E-state index contributed by atoms with van der Waals surface area (Å²) in [6.07, 6.45) is 1.52. The van der Waals surface area contributed by atoms with E-state index in [1.165, 1.54) is 0 Å². The molecule has 1 unspecified atom stereocenters. The highest BCUT2D eigenvalue weighted by Gasteiger charge is 2.33. The molecule has 0 bridgehead atoms. The second-order valence-electron chi connectivity index (χ2n) is 6.83. The van der Waals surface area contributed by atoms with Crippen molar-refractivity contribution in [2.75, 3.05) is 6.54 Å². The van der Waals surface area contributed by atoms with E-state index in [0.717, 1.165) is 34.5 Å². The molecular weight excluding hydrogens is 364 g/mol. The van der Waals surface area contributed by atoms with Gasteiger partial charge in [-0.2, -0.15) is 5.10 Å². The molecule has 8 heteroatoms. The number of aliphatic carboxylic acids is 1. The van der Waals surface area contributed by atoms with E-state index in [0.29, 0.717) is 17.8 Å². The van der Waals surface area contributed by atoms with Crippen LogP contribution in [-0.4, -0.2) is 49.2 Å². The van der Waals surface area contributed by atoms with Gasteiger partial charge in [-0.1, -0.05) is 6.07 Å². The topological polar surface area (TPSA) is 88.3 Å². The molecule has 1 atom stereocenters. The minimum absolute atomic E-state index is 0.0240. The number of carboxylic acids is 1. The highest BCUT2D eigenvalue weighted by atomic mass is 32.1. The maximum Gasteiger partial charge on any atom is 0.305 e. The Kier molecular flexibility index (Phi) is 4.43. The Morgan fingerprint density at radius 2 is 2.22 bits per heavy atom. The fraction of sp³-hybridized carbons (Fsp3) is 0.368. The number of thiophene rings is 1. The van der Waals surface area contributed by atoms with Gasteiger partial charge in [0.1, 0.15) is 0 Å². The zero-order valence-corrected chi connectivity index (χ0v) is 16.0. The monoisotopic (exact) mass is 384 g/mol. The van der Waals surface area contributed by atoms with Crippen LogP contribution in [0, 0.1) is 6.92 Å². The van der Waals surface area contributed by atoms with Crippen molar-refractivity contribution in [2.45, 2.75) is 32.2 Å². The van der Waals surface area contributed by atoms with Crippen LogP contribution < -0.4 is 0 Å². The van der Waals surface area contributed by atoms with Crippen LogP contribution in [0.15, 0.2) is 23.6 Å². The molecule has 1 aliphatic rings. The number of hydrogen-bond donors (Lipinski definition) is 1. The Morgan fingerprint density at radius 3 is 2.93 bits per heavy atom. The molecule has 1 aliphatic heterocycles. The van der Waals surface area contributed by atoms with E-state index >= 15 is 0 Å². The van der Waals surface area contributed by atoms with Crippen molar-refractivity contribution < 1.29 is 14.7 Å². The molecule has 1 fully saturated rings. The number of aryl methyl sites for hydroxylation is 2. The van der Waals surface area contributed by atoms with E-state index in [1.54, 1.807) is 20.9 Å². The average Bonchev–Trinajstić information content (AvgIpc) is 3.35. The van der Waals surface area contributed by atoms with Crippen LogP contribution in [0.2, 0.25) is 0 Å². The van der Waals surface area contributed by atoms with E-state index in [1.807, 2.05) is 37.6 Å². The number of aromatic nitrogens is 3. The van der Waals surface area contributed by atoms with Crippen molar-refractivity contribution in [1.29, 1.82) is 0 Å². The van der Waals surface area contributed by atoms with Crippen molar-refractivity contribution in [3.8, 4) is 10.6 Å². The molecule has 4 rings (SSSR count). The fourth-order valence-electron chi connectivity index (χ4n) is 3.84. The van der Waals surface area contributed by atoms with E-state index < -0.39 is 5.97 Å². The summed E-state index contributed by atoms with van der Waals surface area (Å²) in [6.45, 7) is 2.44. The Morgan fingerprint density at radius 1 is 1.41 bits per heavy atom. The highest BCUT2D eigenvalue weighted by Crippen LogP contribution is 2.31. The first-order valence-electron chi connectivity index (χ1n) is 8.86. The van der Waals surface area contributed by atoms with Crippen LogP contribution in [0.4, 0.5) is 0 Å². The number of pyridine rings is 1. The standard InChI is InChI=1S/C19H20N4O3S/c1-11-17-13(19(26)23-7-3-5-12(23)9-16(24)25)10-14(15-6-4-8-27-15)20-18(17)22(2)21-11/h4,6,8,10,12H,3,5,7,9H2,1-2H3,(H,24,25). The number of likely N-dealkylation sites (tertiary alicyclic amines) is 1. The minimum atomic E-state index is -0.878. The molecule has 7 nitrogen and oxygen atoms in total. The third-order valence-corrected chi connectivity index (χ3v) is 5.91. The molecule has 27 heavy (non-hydrogen) atoms. The maximum atomic E-state index is 13.4.